The molecule has 1 aromatic heterocycles. The number of rotatable bonds is 4. The van der Waals surface area contributed by atoms with Gasteiger partial charge < -0.3 is 30.7 Å². The first-order valence-electron chi connectivity index (χ1n) is 5.58. The molecule has 2 heterocycles. The van der Waals surface area contributed by atoms with Crippen LogP contribution in [0.4, 0.5) is 11.5 Å². The Bertz CT molecular complexity index is 450. The van der Waals surface area contributed by atoms with Crippen LogP contribution in [0.5, 0.6) is 0 Å². The first-order valence-corrected chi connectivity index (χ1v) is 5.96. The highest BCUT2D eigenvalue weighted by Crippen LogP contribution is 2.30. The third-order valence-corrected chi connectivity index (χ3v) is 3.25. The van der Waals surface area contributed by atoms with Gasteiger partial charge in [-0.15, -0.1) is 0 Å². The van der Waals surface area contributed by atoms with Crippen LogP contribution >= 0.6 is 11.6 Å². The number of nitrogens with two attached hydrogens (primary N) is 1. The first kappa shape index (κ1) is 14.2. The van der Waals surface area contributed by atoms with Gasteiger partial charge in [0.2, 0.25) is 0 Å². The van der Waals surface area contributed by atoms with Gasteiger partial charge in [-0.1, -0.05) is 11.6 Å². The van der Waals surface area contributed by atoms with Gasteiger partial charge in [0, 0.05) is 7.11 Å². The smallest absolute Gasteiger partial charge is 0.186 e. The van der Waals surface area contributed by atoms with Gasteiger partial charge in [0.15, 0.2) is 17.3 Å². The van der Waals surface area contributed by atoms with Crippen LogP contribution in [-0.2, 0) is 9.47 Å². The molecule has 0 radical (unpaired) electrons. The van der Waals surface area contributed by atoms with Gasteiger partial charge >= 0.3 is 0 Å². The lowest BCUT2D eigenvalue weighted by atomic mass is 10.0. The summed E-state index contributed by atoms with van der Waals surface area (Å²) in [6.45, 7) is -0.280. The van der Waals surface area contributed by atoms with Crippen LogP contribution in [0.2, 0.25) is 5.15 Å². The van der Waals surface area contributed by atoms with Crippen molar-refractivity contribution in [2.45, 2.75) is 18.6 Å². The van der Waals surface area contributed by atoms with Gasteiger partial charge in [0.1, 0.15) is 24.3 Å². The summed E-state index contributed by atoms with van der Waals surface area (Å²) in [7, 11) is 1.40. The molecule has 8 nitrogen and oxygen atoms in total. The summed E-state index contributed by atoms with van der Waals surface area (Å²) in [5.41, 5.74) is 5.88. The largest absolute Gasteiger partial charge is 0.396 e. The van der Waals surface area contributed by atoms with Gasteiger partial charge in [-0.2, -0.15) is 0 Å². The number of aliphatic hydroxyl groups excluding tert-OH is 2. The second-order valence-corrected chi connectivity index (χ2v) is 4.43. The number of ether oxygens (including phenoxy) is 2. The fourth-order valence-corrected chi connectivity index (χ4v) is 2.00. The van der Waals surface area contributed by atoms with Crippen LogP contribution in [0.3, 0.4) is 0 Å². The van der Waals surface area contributed by atoms with E-state index in [2.05, 4.69) is 15.3 Å². The Morgan fingerprint density at radius 2 is 2.32 bits per heavy atom. The fraction of sp³-hybridized carbons (Fsp3) is 0.600. The molecule has 0 saturated carbocycles. The lowest BCUT2D eigenvalue weighted by Crippen LogP contribution is -2.34. The van der Waals surface area contributed by atoms with E-state index in [1.807, 2.05) is 0 Å². The van der Waals surface area contributed by atoms with Gasteiger partial charge in [-0.3, -0.25) is 0 Å². The van der Waals surface area contributed by atoms with E-state index in [9.17, 15) is 10.2 Å². The number of methoxy groups -OCH3 is 1. The summed E-state index contributed by atoms with van der Waals surface area (Å²) < 4.78 is 10.4. The summed E-state index contributed by atoms with van der Waals surface area (Å²) in [5.74, 6) is -0.300. The second kappa shape index (κ2) is 5.85. The molecule has 1 saturated heterocycles. The van der Waals surface area contributed by atoms with Crippen LogP contribution in [0.1, 0.15) is 0 Å². The van der Waals surface area contributed by atoms with Gasteiger partial charge in [0.05, 0.1) is 12.5 Å². The van der Waals surface area contributed by atoms with Crippen molar-refractivity contribution in [1.29, 1.82) is 0 Å². The fourth-order valence-electron chi connectivity index (χ4n) is 1.87. The average molecular weight is 291 g/mol. The van der Waals surface area contributed by atoms with Crippen molar-refractivity contribution in [1.82, 2.24) is 9.97 Å². The molecule has 1 aliphatic heterocycles. The summed E-state index contributed by atoms with van der Waals surface area (Å²) >= 11 is 5.77. The normalized spacial score (nSPS) is 30.5. The molecule has 106 valence electrons. The van der Waals surface area contributed by atoms with E-state index in [0.29, 0.717) is 0 Å². The van der Waals surface area contributed by atoms with E-state index in [0.717, 1.165) is 0 Å². The number of hydrogen-bond donors (Lipinski definition) is 4. The maximum absolute atomic E-state index is 9.88. The Balaban J connectivity index is 2.16. The minimum absolute atomic E-state index is 0.111. The molecule has 2 rings (SSSR count). The lowest BCUT2D eigenvalue weighted by molar-refractivity contribution is -0.144. The van der Waals surface area contributed by atoms with E-state index < -0.39 is 24.5 Å². The summed E-state index contributed by atoms with van der Waals surface area (Å²) in [4.78, 5) is 7.66. The minimum Gasteiger partial charge on any atom is -0.396 e. The van der Waals surface area contributed by atoms with E-state index in [1.54, 1.807) is 0 Å². The van der Waals surface area contributed by atoms with E-state index in [4.69, 9.17) is 26.8 Å². The van der Waals surface area contributed by atoms with Crippen molar-refractivity contribution < 1.29 is 19.7 Å². The number of nitrogens with zero attached hydrogens (tertiary/aromatic N) is 2. The molecule has 0 bridgehead atoms. The average Bonchev–Trinajstić information content (AvgIpc) is 2.70. The molecule has 19 heavy (non-hydrogen) atoms. The zero-order valence-electron chi connectivity index (χ0n) is 10.2. The SMILES string of the molecule is COC1OC(Nc2ncnc(Cl)c2N)C(CO)C1O. The van der Waals surface area contributed by atoms with Crippen molar-refractivity contribution in [2.24, 2.45) is 5.92 Å². The Morgan fingerprint density at radius 3 is 2.95 bits per heavy atom. The predicted molar refractivity (Wildman–Crippen MR) is 67.3 cm³/mol. The number of nitrogens with one attached hydrogen (secondary N) is 1. The number of anilines is 2. The highest BCUT2D eigenvalue weighted by atomic mass is 35.5. The van der Waals surface area contributed by atoms with Crippen molar-refractivity contribution in [3.63, 3.8) is 0 Å². The second-order valence-electron chi connectivity index (χ2n) is 4.07. The first-order chi connectivity index (χ1) is 9.08. The van der Waals surface area contributed by atoms with Crippen molar-refractivity contribution >= 4 is 23.1 Å². The monoisotopic (exact) mass is 290 g/mol. The molecule has 4 atom stereocenters. The summed E-state index contributed by atoms with van der Waals surface area (Å²) in [6.07, 6.45) is -1.23. The maximum Gasteiger partial charge on any atom is 0.186 e. The molecule has 1 aliphatic rings. The van der Waals surface area contributed by atoms with E-state index >= 15 is 0 Å². The maximum atomic E-state index is 9.88. The molecule has 9 heteroatoms. The highest BCUT2D eigenvalue weighted by Gasteiger charge is 2.44. The Labute approximate surface area is 114 Å². The van der Waals surface area contributed by atoms with Crippen molar-refractivity contribution in [2.75, 3.05) is 24.8 Å². The molecule has 0 aliphatic carbocycles. The number of halogens is 1. The van der Waals surface area contributed by atoms with E-state index in [-0.39, 0.29) is 23.3 Å². The summed E-state index contributed by atoms with van der Waals surface area (Å²) in [5, 5.41) is 22.2. The molecular weight excluding hydrogens is 276 g/mol. The molecule has 1 aromatic rings. The Kier molecular flexibility index (Phi) is 4.38. The molecule has 4 unspecified atom stereocenters. The summed E-state index contributed by atoms with van der Waals surface area (Å²) in [6, 6.07) is 0. The Morgan fingerprint density at radius 1 is 1.58 bits per heavy atom. The van der Waals surface area contributed by atoms with Crippen LogP contribution in [-0.4, -0.2) is 52.5 Å². The molecule has 0 amide bonds. The third kappa shape index (κ3) is 2.72. The number of aliphatic hydroxyl groups is 2. The zero-order valence-corrected chi connectivity index (χ0v) is 10.9. The molecule has 5 N–H and O–H groups in total. The predicted octanol–water partition coefficient (Wildman–Crippen LogP) is -0.578. The molecular formula is C10H15ClN4O4. The Hall–Kier alpha value is -1.19. The topological polar surface area (TPSA) is 123 Å². The molecule has 0 aromatic carbocycles. The van der Waals surface area contributed by atoms with Crippen LogP contribution < -0.4 is 11.1 Å². The standard InChI is InChI=1S/C10H15ClN4O4/c1-18-10-6(17)4(2-16)9(19-10)15-8-5(12)7(11)13-3-14-8/h3-4,6,9-10,16-17H,2,12H2,1H3,(H,13,14,15). The van der Waals surface area contributed by atoms with E-state index in [1.165, 1.54) is 13.4 Å². The lowest BCUT2D eigenvalue weighted by Gasteiger charge is -2.19. The van der Waals surface area contributed by atoms with Gasteiger partial charge in [-0.05, 0) is 0 Å². The number of hydrogen-bond acceptors (Lipinski definition) is 8. The van der Waals surface area contributed by atoms with Gasteiger partial charge in [0.25, 0.3) is 0 Å². The third-order valence-electron chi connectivity index (χ3n) is 2.94. The van der Waals surface area contributed by atoms with Crippen molar-refractivity contribution in [3.05, 3.63) is 11.5 Å². The van der Waals surface area contributed by atoms with Gasteiger partial charge in [-0.25, -0.2) is 9.97 Å². The molecule has 0 spiro atoms. The minimum atomic E-state index is -0.953. The number of nitrogen functional groups attached to an aromatic ring is 1. The number of aromatic nitrogens is 2. The highest BCUT2D eigenvalue weighted by molar-refractivity contribution is 6.32. The van der Waals surface area contributed by atoms with Crippen molar-refractivity contribution in [3.8, 4) is 0 Å². The van der Waals surface area contributed by atoms with Crippen LogP contribution in [0, 0.1) is 5.92 Å². The molecule has 1 fully saturated rings. The van der Waals surface area contributed by atoms with Crippen LogP contribution in [0.15, 0.2) is 6.33 Å². The van der Waals surface area contributed by atoms with Crippen LogP contribution in [0.25, 0.3) is 0 Å². The quantitative estimate of drug-likeness (QED) is 0.543. The zero-order chi connectivity index (χ0) is 14.0.